The van der Waals surface area contributed by atoms with Crippen LogP contribution in [0.1, 0.15) is 50.7 Å². The molecule has 0 saturated carbocycles. The number of piperidine rings is 1. The van der Waals surface area contributed by atoms with Crippen molar-refractivity contribution in [2.24, 2.45) is 5.92 Å². The van der Waals surface area contributed by atoms with Crippen molar-refractivity contribution in [1.29, 1.82) is 0 Å². The van der Waals surface area contributed by atoms with Gasteiger partial charge in [0, 0.05) is 25.8 Å². The average Bonchev–Trinajstić information content (AvgIpc) is 3.02. The normalized spacial score (nSPS) is 19.3. The standard InChI is InChI=1S/C23H28N4O2S2/c1-4-5-10-27-22(29)18(31-23(27)30)14-17-20(25-12-8-15(2)9-13-25)24-19-16(3)7-6-11-26(19)21(17)28/h6-7,11,14-15H,4-5,8-10,12-13H2,1-3H3. The van der Waals surface area contributed by atoms with Gasteiger partial charge in [-0.1, -0.05) is 50.3 Å². The van der Waals surface area contributed by atoms with Gasteiger partial charge < -0.3 is 4.90 Å². The van der Waals surface area contributed by atoms with Gasteiger partial charge in [0.1, 0.15) is 15.8 Å². The van der Waals surface area contributed by atoms with E-state index in [2.05, 4.69) is 18.7 Å². The lowest BCUT2D eigenvalue weighted by molar-refractivity contribution is -0.122. The molecule has 0 aliphatic carbocycles. The molecule has 2 saturated heterocycles. The Morgan fingerprint density at radius 3 is 2.74 bits per heavy atom. The van der Waals surface area contributed by atoms with Crippen molar-refractivity contribution in [3.05, 3.63) is 44.7 Å². The molecule has 4 rings (SSSR count). The zero-order valence-corrected chi connectivity index (χ0v) is 19.9. The molecule has 164 valence electrons. The van der Waals surface area contributed by atoms with Crippen LogP contribution in [0.4, 0.5) is 5.82 Å². The summed E-state index contributed by atoms with van der Waals surface area (Å²) in [6.07, 6.45) is 7.46. The van der Waals surface area contributed by atoms with Crippen molar-refractivity contribution in [2.75, 3.05) is 24.5 Å². The second-order valence-corrected chi connectivity index (χ2v) is 10.1. The predicted octanol–water partition coefficient (Wildman–Crippen LogP) is 4.24. The monoisotopic (exact) mass is 456 g/mol. The fourth-order valence-corrected chi connectivity index (χ4v) is 5.32. The number of carbonyl (C=O) groups is 1. The van der Waals surface area contributed by atoms with Crippen LogP contribution < -0.4 is 10.5 Å². The van der Waals surface area contributed by atoms with Crippen LogP contribution in [-0.4, -0.2) is 44.1 Å². The molecule has 31 heavy (non-hydrogen) atoms. The zero-order valence-electron chi connectivity index (χ0n) is 18.3. The van der Waals surface area contributed by atoms with Crippen molar-refractivity contribution < 1.29 is 4.79 Å². The maximum atomic E-state index is 13.5. The summed E-state index contributed by atoms with van der Waals surface area (Å²) < 4.78 is 2.14. The molecule has 8 heteroatoms. The molecule has 2 aromatic rings. The molecule has 2 aliphatic rings. The highest BCUT2D eigenvalue weighted by atomic mass is 32.2. The molecule has 0 spiro atoms. The number of thiocarbonyl (C=S) groups is 1. The molecule has 1 amide bonds. The highest BCUT2D eigenvalue weighted by molar-refractivity contribution is 8.26. The van der Waals surface area contributed by atoms with E-state index in [9.17, 15) is 9.59 Å². The Labute approximate surface area is 192 Å². The third-order valence-electron chi connectivity index (χ3n) is 6.03. The topological polar surface area (TPSA) is 57.9 Å². The molecule has 6 nitrogen and oxygen atoms in total. The summed E-state index contributed by atoms with van der Waals surface area (Å²) in [6.45, 7) is 8.63. The summed E-state index contributed by atoms with van der Waals surface area (Å²) in [7, 11) is 0. The maximum absolute atomic E-state index is 13.5. The van der Waals surface area contributed by atoms with Gasteiger partial charge in [-0.2, -0.15) is 0 Å². The van der Waals surface area contributed by atoms with E-state index < -0.39 is 0 Å². The number of thioether (sulfide) groups is 1. The minimum Gasteiger partial charge on any atom is -0.356 e. The average molecular weight is 457 g/mol. The second-order valence-electron chi connectivity index (χ2n) is 8.40. The van der Waals surface area contributed by atoms with Crippen LogP contribution >= 0.6 is 24.0 Å². The molecule has 2 fully saturated rings. The smallest absolute Gasteiger partial charge is 0.267 e. The van der Waals surface area contributed by atoms with Crippen molar-refractivity contribution >= 4 is 51.7 Å². The van der Waals surface area contributed by atoms with Crippen molar-refractivity contribution in [3.8, 4) is 0 Å². The summed E-state index contributed by atoms with van der Waals surface area (Å²) in [6, 6.07) is 3.81. The van der Waals surface area contributed by atoms with Gasteiger partial charge in [-0.05, 0) is 49.8 Å². The van der Waals surface area contributed by atoms with E-state index in [1.54, 1.807) is 21.6 Å². The van der Waals surface area contributed by atoms with E-state index >= 15 is 0 Å². The third kappa shape index (κ3) is 4.28. The molecule has 2 aliphatic heterocycles. The van der Waals surface area contributed by atoms with Crippen molar-refractivity contribution in [3.63, 3.8) is 0 Å². The highest BCUT2D eigenvalue weighted by Gasteiger charge is 2.32. The number of fused-ring (bicyclic) bond motifs is 1. The summed E-state index contributed by atoms with van der Waals surface area (Å²) in [5.74, 6) is 1.22. The number of aromatic nitrogens is 2. The number of unbranched alkanes of at least 4 members (excludes halogenated alkanes) is 1. The molecule has 4 heterocycles. The lowest BCUT2D eigenvalue weighted by Crippen LogP contribution is -2.36. The van der Waals surface area contributed by atoms with Gasteiger partial charge in [0.2, 0.25) is 0 Å². The van der Waals surface area contributed by atoms with Crippen LogP contribution in [0.5, 0.6) is 0 Å². The molecule has 0 radical (unpaired) electrons. The fraction of sp³-hybridized carbons (Fsp3) is 0.478. The van der Waals surface area contributed by atoms with Crippen LogP contribution in [0.3, 0.4) is 0 Å². The molecular weight excluding hydrogens is 428 g/mol. The number of carbonyl (C=O) groups excluding carboxylic acids is 1. The van der Waals surface area contributed by atoms with Crippen LogP contribution in [0.2, 0.25) is 0 Å². The summed E-state index contributed by atoms with van der Waals surface area (Å²) in [4.78, 5) is 35.8. The SMILES string of the molecule is CCCCN1C(=O)C(=Cc2c(N3CCC(C)CC3)nc3c(C)cccn3c2=O)SC1=S. The van der Waals surface area contributed by atoms with E-state index in [0.29, 0.717) is 38.7 Å². The van der Waals surface area contributed by atoms with Crippen LogP contribution in [0.25, 0.3) is 11.7 Å². The maximum Gasteiger partial charge on any atom is 0.267 e. The Bertz CT molecular complexity index is 1120. The number of pyridine rings is 1. The molecular formula is C23H28N4O2S2. The van der Waals surface area contributed by atoms with Gasteiger partial charge in [0.25, 0.3) is 11.5 Å². The van der Waals surface area contributed by atoms with Crippen LogP contribution in [0, 0.1) is 12.8 Å². The number of hydrogen-bond donors (Lipinski definition) is 0. The lowest BCUT2D eigenvalue weighted by Gasteiger charge is -2.32. The highest BCUT2D eigenvalue weighted by Crippen LogP contribution is 2.34. The van der Waals surface area contributed by atoms with Crippen LogP contribution in [-0.2, 0) is 4.79 Å². The Balaban J connectivity index is 1.83. The minimum atomic E-state index is -0.152. The molecule has 0 aromatic carbocycles. The summed E-state index contributed by atoms with van der Waals surface area (Å²) in [5.41, 5.74) is 1.92. The number of amides is 1. The number of nitrogens with zero attached hydrogens (tertiary/aromatic N) is 4. The van der Waals surface area contributed by atoms with Crippen LogP contribution in [0.15, 0.2) is 28.0 Å². The molecule has 0 N–H and O–H groups in total. The quantitative estimate of drug-likeness (QED) is 0.495. The van der Waals surface area contributed by atoms with E-state index in [4.69, 9.17) is 17.2 Å². The van der Waals surface area contributed by atoms with E-state index in [1.807, 2.05) is 19.1 Å². The summed E-state index contributed by atoms with van der Waals surface area (Å²) in [5, 5.41) is 0. The van der Waals surface area contributed by atoms with Gasteiger partial charge >= 0.3 is 0 Å². The Kier molecular flexibility index (Phi) is 6.48. The van der Waals surface area contributed by atoms with Gasteiger partial charge in [-0.15, -0.1) is 0 Å². The van der Waals surface area contributed by atoms with E-state index in [0.717, 1.165) is 44.3 Å². The van der Waals surface area contributed by atoms with Crippen molar-refractivity contribution in [1.82, 2.24) is 14.3 Å². The Morgan fingerprint density at radius 1 is 1.29 bits per heavy atom. The first-order valence-electron chi connectivity index (χ1n) is 10.9. The number of rotatable bonds is 5. The molecule has 0 bridgehead atoms. The first-order chi connectivity index (χ1) is 14.9. The summed E-state index contributed by atoms with van der Waals surface area (Å²) >= 11 is 6.71. The van der Waals surface area contributed by atoms with E-state index in [-0.39, 0.29) is 11.5 Å². The second kappa shape index (κ2) is 9.12. The Hall–Kier alpha value is -2.19. The largest absolute Gasteiger partial charge is 0.356 e. The fourth-order valence-electron chi connectivity index (χ4n) is 4.03. The zero-order chi connectivity index (χ0) is 22.1. The molecule has 0 atom stereocenters. The number of hydrogen-bond acceptors (Lipinski definition) is 6. The molecule has 2 aromatic heterocycles. The Morgan fingerprint density at radius 2 is 2.03 bits per heavy atom. The predicted molar refractivity (Wildman–Crippen MR) is 132 cm³/mol. The van der Waals surface area contributed by atoms with Gasteiger partial charge in [-0.3, -0.25) is 18.9 Å². The van der Waals surface area contributed by atoms with Gasteiger partial charge in [-0.25, -0.2) is 4.98 Å². The number of aryl methyl sites for hydroxylation is 1. The first-order valence-corrected chi connectivity index (χ1v) is 12.2. The minimum absolute atomic E-state index is 0.115. The van der Waals surface area contributed by atoms with Gasteiger partial charge in [0.05, 0.1) is 10.5 Å². The lowest BCUT2D eigenvalue weighted by atomic mass is 9.99. The third-order valence-corrected chi connectivity index (χ3v) is 7.41. The van der Waals surface area contributed by atoms with Gasteiger partial charge in [0.15, 0.2) is 0 Å². The first kappa shape index (κ1) is 22.0. The van der Waals surface area contributed by atoms with Crippen molar-refractivity contribution in [2.45, 2.75) is 46.5 Å². The number of anilines is 1. The van der Waals surface area contributed by atoms with E-state index in [1.165, 1.54) is 11.8 Å². The molecule has 0 unspecified atom stereocenters.